The fraction of sp³-hybridized carbons (Fsp3) is 0.222. The predicted octanol–water partition coefficient (Wildman–Crippen LogP) is 2.33. The molecule has 5 heteroatoms. The Kier molecular flexibility index (Phi) is 2.75. The second-order valence-electron chi connectivity index (χ2n) is 6.16. The highest BCUT2D eigenvalue weighted by Crippen LogP contribution is 2.36. The summed E-state index contributed by atoms with van der Waals surface area (Å²) in [6, 6.07) is 4.39. The molecule has 0 aliphatic heterocycles. The van der Waals surface area contributed by atoms with Crippen molar-refractivity contribution < 1.29 is 19.5 Å². The maximum absolute atomic E-state index is 12.9. The van der Waals surface area contributed by atoms with Gasteiger partial charge in [-0.05, 0) is 18.4 Å². The first-order valence-electron chi connectivity index (χ1n) is 7.45. The lowest BCUT2D eigenvalue weighted by molar-refractivity contribution is 0.0933. The van der Waals surface area contributed by atoms with E-state index in [1.807, 2.05) is 6.92 Å². The number of fused-ring (bicyclic) bond motifs is 4. The van der Waals surface area contributed by atoms with Gasteiger partial charge in [0.1, 0.15) is 5.75 Å². The van der Waals surface area contributed by atoms with E-state index in [1.54, 1.807) is 0 Å². The third-order valence-electron chi connectivity index (χ3n) is 4.50. The van der Waals surface area contributed by atoms with Gasteiger partial charge in [-0.2, -0.15) is 0 Å². The van der Waals surface area contributed by atoms with Crippen molar-refractivity contribution in [3.05, 3.63) is 57.9 Å². The number of nitrogens with zero attached hydrogens (tertiary/aromatic N) is 1. The number of Topliss-reactive ketones (excluding diaryl/α,β-unsaturated/α-hetero) is 1. The third kappa shape index (κ3) is 1.79. The molecule has 2 aliphatic carbocycles. The molecular weight excluding hydrogens is 294 g/mol. The third-order valence-corrected chi connectivity index (χ3v) is 4.50. The van der Waals surface area contributed by atoms with E-state index < -0.39 is 11.6 Å². The standard InChI is InChI=1S/C18H13NO4/c1-8-5-11-16(13(21)6-8)15-10(7-19-11)18(23)14-9(17(15)22)3-2-4-12(14)20/h2-4,7-8,20H,5-6H2,1H3/t8-/m0/s1. The number of benzene rings is 1. The van der Waals surface area contributed by atoms with Crippen molar-refractivity contribution >= 4 is 17.3 Å². The number of aromatic hydroxyl groups is 1. The van der Waals surface area contributed by atoms with Crippen LogP contribution in [0.2, 0.25) is 0 Å². The molecule has 2 aliphatic rings. The molecule has 0 amide bonds. The van der Waals surface area contributed by atoms with Gasteiger partial charge in [0.2, 0.25) is 0 Å². The molecule has 1 N–H and O–H groups in total. The van der Waals surface area contributed by atoms with Crippen molar-refractivity contribution in [1.29, 1.82) is 0 Å². The van der Waals surface area contributed by atoms with E-state index in [0.717, 1.165) is 0 Å². The largest absolute Gasteiger partial charge is 0.507 e. The van der Waals surface area contributed by atoms with Crippen molar-refractivity contribution in [2.75, 3.05) is 0 Å². The lowest BCUT2D eigenvalue weighted by Crippen LogP contribution is -2.29. The monoisotopic (exact) mass is 307 g/mol. The SMILES string of the molecule is C[C@@H]1CC(=O)c2c(ncc3c2C(=O)c2cccc(O)c2C3=O)C1. The Morgan fingerprint density at radius 2 is 1.74 bits per heavy atom. The molecule has 0 fully saturated rings. The summed E-state index contributed by atoms with van der Waals surface area (Å²) in [5, 5.41) is 9.93. The summed E-state index contributed by atoms with van der Waals surface area (Å²) in [7, 11) is 0. The number of aromatic nitrogens is 1. The van der Waals surface area contributed by atoms with Crippen LogP contribution >= 0.6 is 0 Å². The van der Waals surface area contributed by atoms with Crippen molar-refractivity contribution in [3.8, 4) is 5.75 Å². The number of pyridine rings is 1. The van der Waals surface area contributed by atoms with Crippen LogP contribution in [0.25, 0.3) is 0 Å². The van der Waals surface area contributed by atoms with Gasteiger partial charge in [0.25, 0.3) is 0 Å². The zero-order chi connectivity index (χ0) is 16.3. The Hall–Kier alpha value is -2.82. The van der Waals surface area contributed by atoms with Gasteiger partial charge >= 0.3 is 0 Å². The highest BCUT2D eigenvalue weighted by Gasteiger charge is 2.38. The number of phenolic OH excluding ortho intramolecular Hbond substituents is 1. The molecular formula is C18H13NO4. The molecule has 1 heterocycles. The van der Waals surface area contributed by atoms with Crippen LogP contribution in [0.4, 0.5) is 0 Å². The first-order chi connectivity index (χ1) is 11.0. The van der Waals surface area contributed by atoms with Crippen LogP contribution in [0.3, 0.4) is 0 Å². The predicted molar refractivity (Wildman–Crippen MR) is 81.0 cm³/mol. The van der Waals surface area contributed by atoms with Gasteiger partial charge in [-0.3, -0.25) is 19.4 Å². The number of carbonyl (C=O) groups excluding carboxylic acids is 3. The van der Waals surface area contributed by atoms with E-state index in [2.05, 4.69) is 4.98 Å². The van der Waals surface area contributed by atoms with Crippen LogP contribution in [0, 0.1) is 5.92 Å². The van der Waals surface area contributed by atoms with Crippen molar-refractivity contribution in [2.24, 2.45) is 5.92 Å². The second kappa shape index (κ2) is 4.59. The minimum Gasteiger partial charge on any atom is -0.507 e. The van der Waals surface area contributed by atoms with Crippen LogP contribution in [0.1, 0.15) is 61.2 Å². The van der Waals surface area contributed by atoms with Crippen molar-refractivity contribution in [3.63, 3.8) is 0 Å². The van der Waals surface area contributed by atoms with E-state index in [1.165, 1.54) is 24.4 Å². The van der Waals surface area contributed by atoms with Crippen LogP contribution in [0.5, 0.6) is 5.75 Å². The molecule has 0 unspecified atom stereocenters. The summed E-state index contributed by atoms with van der Waals surface area (Å²) in [5.41, 5.74) is 1.25. The minimum atomic E-state index is -0.463. The van der Waals surface area contributed by atoms with E-state index in [4.69, 9.17) is 0 Å². The fourth-order valence-corrected chi connectivity index (χ4v) is 3.47. The van der Waals surface area contributed by atoms with Crippen LogP contribution in [-0.2, 0) is 6.42 Å². The average molecular weight is 307 g/mol. The van der Waals surface area contributed by atoms with Gasteiger partial charge in [0.05, 0.1) is 22.4 Å². The number of hydrogen-bond acceptors (Lipinski definition) is 5. The van der Waals surface area contributed by atoms with Crippen molar-refractivity contribution in [1.82, 2.24) is 4.98 Å². The normalized spacial score (nSPS) is 19.2. The quantitative estimate of drug-likeness (QED) is 0.689. The second-order valence-corrected chi connectivity index (χ2v) is 6.16. The smallest absolute Gasteiger partial charge is 0.199 e. The highest BCUT2D eigenvalue weighted by molar-refractivity contribution is 6.31. The lowest BCUT2D eigenvalue weighted by atomic mass is 9.77. The molecule has 1 aromatic carbocycles. The summed E-state index contributed by atoms with van der Waals surface area (Å²) in [6.07, 6.45) is 2.32. The number of hydrogen-bond donors (Lipinski definition) is 1. The van der Waals surface area contributed by atoms with Crippen LogP contribution < -0.4 is 0 Å². The molecule has 0 bridgehead atoms. The molecule has 1 aromatic heterocycles. The Morgan fingerprint density at radius 3 is 2.52 bits per heavy atom. The Balaban J connectivity index is 2.03. The average Bonchev–Trinajstić information content (AvgIpc) is 2.51. The summed E-state index contributed by atoms with van der Waals surface area (Å²) in [6.45, 7) is 1.96. The molecule has 4 rings (SSSR count). The Morgan fingerprint density at radius 1 is 1.00 bits per heavy atom. The van der Waals surface area contributed by atoms with Crippen molar-refractivity contribution in [2.45, 2.75) is 19.8 Å². The van der Waals surface area contributed by atoms with Gasteiger partial charge in [0, 0.05) is 23.7 Å². The number of phenols is 1. The molecule has 5 nitrogen and oxygen atoms in total. The minimum absolute atomic E-state index is 0.0108. The zero-order valence-electron chi connectivity index (χ0n) is 12.4. The molecule has 2 aromatic rings. The highest BCUT2D eigenvalue weighted by atomic mass is 16.3. The topological polar surface area (TPSA) is 84.3 Å². The van der Waals surface area contributed by atoms with E-state index in [0.29, 0.717) is 18.5 Å². The van der Waals surface area contributed by atoms with Gasteiger partial charge < -0.3 is 5.11 Å². The first kappa shape index (κ1) is 13.8. The number of carbonyl (C=O) groups is 3. The Bertz CT molecular complexity index is 913. The van der Waals surface area contributed by atoms with E-state index in [9.17, 15) is 19.5 Å². The zero-order valence-corrected chi connectivity index (χ0v) is 12.4. The van der Waals surface area contributed by atoms with Crippen LogP contribution in [-0.4, -0.2) is 27.4 Å². The van der Waals surface area contributed by atoms with E-state index >= 15 is 0 Å². The fourth-order valence-electron chi connectivity index (χ4n) is 3.47. The summed E-state index contributed by atoms with van der Waals surface area (Å²) >= 11 is 0. The van der Waals surface area contributed by atoms with Gasteiger partial charge in [-0.1, -0.05) is 19.1 Å². The lowest BCUT2D eigenvalue weighted by Gasteiger charge is -2.25. The molecule has 0 spiro atoms. The molecule has 114 valence electrons. The molecule has 0 radical (unpaired) electrons. The summed E-state index contributed by atoms with van der Waals surface area (Å²) in [4.78, 5) is 42.2. The summed E-state index contributed by atoms with van der Waals surface area (Å²) < 4.78 is 0. The van der Waals surface area contributed by atoms with Gasteiger partial charge in [0.15, 0.2) is 17.3 Å². The number of rotatable bonds is 0. The van der Waals surface area contributed by atoms with Crippen LogP contribution in [0.15, 0.2) is 24.4 Å². The van der Waals surface area contributed by atoms with Gasteiger partial charge in [-0.25, -0.2) is 0 Å². The van der Waals surface area contributed by atoms with Gasteiger partial charge in [-0.15, -0.1) is 0 Å². The first-order valence-corrected chi connectivity index (χ1v) is 7.45. The molecule has 23 heavy (non-hydrogen) atoms. The number of ketones is 3. The maximum atomic E-state index is 12.9. The van der Waals surface area contributed by atoms with E-state index in [-0.39, 0.29) is 45.3 Å². The summed E-state index contributed by atoms with van der Waals surface area (Å²) in [5.74, 6) is -1.07. The maximum Gasteiger partial charge on any atom is 0.199 e. The molecule has 0 saturated carbocycles. The Labute approximate surface area is 132 Å². The molecule has 0 saturated heterocycles. The molecule has 1 atom stereocenters.